The Balaban J connectivity index is 2.22. The minimum Gasteiger partial charge on any atom is -0.496 e. The van der Waals surface area contributed by atoms with Gasteiger partial charge in [0.05, 0.1) is 12.0 Å². The van der Waals surface area contributed by atoms with Crippen molar-refractivity contribution in [3.63, 3.8) is 0 Å². The fourth-order valence-corrected chi connectivity index (χ4v) is 3.60. The summed E-state index contributed by atoms with van der Waals surface area (Å²) in [7, 11) is 1.68. The van der Waals surface area contributed by atoms with Gasteiger partial charge in [-0.3, -0.25) is 0 Å². The van der Waals surface area contributed by atoms with E-state index < -0.39 is 0 Å². The number of halogens is 1. The predicted molar refractivity (Wildman–Crippen MR) is 69.5 cm³/mol. The number of nitrogens with two attached hydrogens (primary N) is 1. The minimum absolute atomic E-state index is 0.206. The molecule has 4 heteroatoms. The molecule has 0 aliphatic heterocycles. The second-order valence-corrected chi connectivity index (χ2v) is 6.08. The number of rotatable bonds is 4. The molecule has 2 N–H and O–H groups in total. The van der Waals surface area contributed by atoms with E-state index in [2.05, 4.69) is 0 Å². The van der Waals surface area contributed by atoms with Crippen LogP contribution in [0.25, 0.3) is 0 Å². The van der Waals surface area contributed by atoms with Gasteiger partial charge >= 0.3 is 0 Å². The summed E-state index contributed by atoms with van der Waals surface area (Å²) in [6.45, 7) is 0.716. The standard InChI is InChI=1S/C12H16ClNOS/c1-15-10-4-3-9(13)7-11(10)16-12(8-14)5-2-6-12/h3-4,7H,2,5-6,8,14H2,1H3. The fourth-order valence-electron chi connectivity index (χ4n) is 1.88. The van der Waals surface area contributed by atoms with Crippen LogP contribution >= 0.6 is 23.4 Å². The first kappa shape index (κ1) is 12.1. The van der Waals surface area contributed by atoms with Crippen molar-refractivity contribution in [2.24, 2.45) is 5.73 Å². The van der Waals surface area contributed by atoms with Gasteiger partial charge < -0.3 is 10.5 Å². The lowest BCUT2D eigenvalue weighted by molar-refractivity contribution is 0.368. The number of benzene rings is 1. The molecule has 0 aromatic heterocycles. The molecule has 0 saturated heterocycles. The Bertz CT molecular complexity index is 374. The maximum Gasteiger partial charge on any atom is 0.132 e. The maximum absolute atomic E-state index is 6.01. The Kier molecular flexibility index (Phi) is 3.67. The van der Waals surface area contributed by atoms with Gasteiger partial charge in [-0.05, 0) is 31.0 Å². The van der Waals surface area contributed by atoms with Crippen LogP contribution in [0.3, 0.4) is 0 Å². The van der Waals surface area contributed by atoms with E-state index in [0.717, 1.165) is 15.7 Å². The predicted octanol–water partition coefficient (Wildman–Crippen LogP) is 3.32. The number of ether oxygens (including phenoxy) is 1. The van der Waals surface area contributed by atoms with Crippen LogP contribution in [0.15, 0.2) is 23.1 Å². The topological polar surface area (TPSA) is 35.2 Å². The average molecular weight is 258 g/mol. The smallest absolute Gasteiger partial charge is 0.132 e. The van der Waals surface area contributed by atoms with E-state index in [1.165, 1.54) is 19.3 Å². The summed E-state index contributed by atoms with van der Waals surface area (Å²) >= 11 is 7.82. The molecule has 2 rings (SSSR count). The molecule has 0 radical (unpaired) electrons. The van der Waals surface area contributed by atoms with Crippen LogP contribution in [0, 0.1) is 0 Å². The van der Waals surface area contributed by atoms with Gasteiger partial charge in [-0.1, -0.05) is 18.0 Å². The highest BCUT2D eigenvalue weighted by Crippen LogP contribution is 2.49. The van der Waals surface area contributed by atoms with Crippen LogP contribution in [0.4, 0.5) is 0 Å². The molecule has 0 heterocycles. The molecule has 1 fully saturated rings. The third-order valence-corrected chi connectivity index (χ3v) is 4.87. The number of hydrogen-bond donors (Lipinski definition) is 1. The molecule has 0 amide bonds. The first-order chi connectivity index (χ1) is 7.69. The molecule has 1 saturated carbocycles. The molecule has 0 bridgehead atoms. The van der Waals surface area contributed by atoms with Gasteiger partial charge in [0.2, 0.25) is 0 Å². The van der Waals surface area contributed by atoms with Crippen LogP contribution < -0.4 is 10.5 Å². The van der Waals surface area contributed by atoms with Gasteiger partial charge in [0.15, 0.2) is 0 Å². The van der Waals surface area contributed by atoms with E-state index in [1.54, 1.807) is 7.11 Å². The van der Waals surface area contributed by atoms with Crippen molar-refractivity contribution in [2.75, 3.05) is 13.7 Å². The first-order valence-corrected chi connectivity index (χ1v) is 6.61. The van der Waals surface area contributed by atoms with Crippen molar-refractivity contribution in [3.8, 4) is 5.75 Å². The zero-order chi connectivity index (χ0) is 11.6. The molecule has 1 aromatic rings. The summed E-state index contributed by atoms with van der Waals surface area (Å²) in [6, 6.07) is 5.72. The molecule has 0 unspecified atom stereocenters. The number of thioether (sulfide) groups is 1. The molecular weight excluding hydrogens is 242 g/mol. The van der Waals surface area contributed by atoms with Crippen molar-refractivity contribution in [1.82, 2.24) is 0 Å². The van der Waals surface area contributed by atoms with Gasteiger partial charge in [-0.25, -0.2) is 0 Å². The summed E-state index contributed by atoms with van der Waals surface area (Å²) < 4.78 is 5.55. The molecule has 0 atom stereocenters. The van der Waals surface area contributed by atoms with Gasteiger partial charge in [-0.15, -0.1) is 11.8 Å². The SMILES string of the molecule is COc1ccc(Cl)cc1SC1(CN)CCC1. The van der Waals surface area contributed by atoms with Crippen molar-refractivity contribution >= 4 is 23.4 Å². The Morgan fingerprint density at radius 2 is 2.25 bits per heavy atom. The maximum atomic E-state index is 6.01. The molecule has 88 valence electrons. The lowest BCUT2D eigenvalue weighted by Gasteiger charge is -2.40. The van der Waals surface area contributed by atoms with E-state index in [-0.39, 0.29) is 4.75 Å². The highest BCUT2D eigenvalue weighted by molar-refractivity contribution is 8.00. The number of methoxy groups -OCH3 is 1. The van der Waals surface area contributed by atoms with E-state index in [4.69, 9.17) is 22.1 Å². The Hall–Kier alpha value is -0.380. The van der Waals surface area contributed by atoms with Crippen LogP contribution in [-0.4, -0.2) is 18.4 Å². The molecule has 0 spiro atoms. The molecule has 1 aliphatic rings. The van der Waals surface area contributed by atoms with Crippen LogP contribution in [0.2, 0.25) is 5.02 Å². The van der Waals surface area contributed by atoms with Crippen LogP contribution in [-0.2, 0) is 0 Å². The molecule has 2 nitrogen and oxygen atoms in total. The van der Waals surface area contributed by atoms with Crippen LogP contribution in [0.1, 0.15) is 19.3 Å². The molecule has 1 aliphatic carbocycles. The summed E-state index contributed by atoms with van der Waals surface area (Å²) in [5.74, 6) is 0.883. The average Bonchev–Trinajstić information content (AvgIpc) is 2.24. The second kappa shape index (κ2) is 4.86. The molecule has 1 aromatic carbocycles. The number of hydrogen-bond acceptors (Lipinski definition) is 3. The third-order valence-electron chi connectivity index (χ3n) is 3.09. The second-order valence-electron chi connectivity index (χ2n) is 4.14. The fraction of sp³-hybridized carbons (Fsp3) is 0.500. The quantitative estimate of drug-likeness (QED) is 0.899. The Morgan fingerprint density at radius 1 is 1.50 bits per heavy atom. The first-order valence-electron chi connectivity index (χ1n) is 5.42. The summed E-state index contributed by atoms with van der Waals surface area (Å²) in [5.41, 5.74) is 5.85. The lowest BCUT2D eigenvalue weighted by Crippen LogP contribution is -2.40. The highest BCUT2D eigenvalue weighted by Gasteiger charge is 2.37. The molecular formula is C12H16ClNOS. The lowest BCUT2D eigenvalue weighted by atomic mass is 9.84. The van der Waals surface area contributed by atoms with Gasteiger partial charge in [0.25, 0.3) is 0 Å². The third kappa shape index (κ3) is 2.31. The van der Waals surface area contributed by atoms with Gasteiger partial charge in [0.1, 0.15) is 5.75 Å². The van der Waals surface area contributed by atoms with Crippen molar-refractivity contribution < 1.29 is 4.74 Å². The van der Waals surface area contributed by atoms with Crippen molar-refractivity contribution in [1.29, 1.82) is 0 Å². The normalized spacial score (nSPS) is 17.9. The summed E-state index contributed by atoms with van der Waals surface area (Å²) in [5, 5.41) is 0.745. The highest BCUT2D eigenvalue weighted by atomic mass is 35.5. The zero-order valence-electron chi connectivity index (χ0n) is 9.33. The minimum atomic E-state index is 0.206. The van der Waals surface area contributed by atoms with E-state index in [1.807, 2.05) is 30.0 Å². The van der Waals surface area contributed by atoms with Crippen molar-refractivity contribution in [3.05, 3.63) is 23.2 Å². The van der Waals surface area contributed by atoms with E-state index >= 15 is 0 Å². The summed E-state index contributed by atoms with van der Waals surface area (Å²) in [4.78, 5) is 1.10. The summed E-state index contributed by atoms with van der Waals surface area (Å²) in [6.07, 6.45) is 3.64. The largest absolute Gasteiger partial charge is 0.496 e. The zero-order valence-corrected chi connectivity index (χ0v) is 10.9. The van der Waals surface area contributed by atoms with Crippen molar-refractivity contribution in [2.45, 2.75) is 28.9 Å². The van der Waals surface area contributed by atoms with Gasteiger partial charge in [0, 0.05) is 16.3 Å². The van der Waals surface area contributed by atoms with E-state index in [0.29, 0.717) is 6.54 Å². The van der Waals surface area contributed by atoms with E-state index in [9.17, 15) is 0 Å². The monoisotopic (exact) mass is 257 g/mol. The molecule has 16 heavy (non-hydrogen) atoms. The van der Waals surface area contributed by atoms with Crippen LogP contribution in [0.5, 0.6) is 5.75 Å². The van der Waals surface area contributed by atoms with Gasteiger partial charge in [-0.2, -0.15) is 0 Å². The Labute approximate surface area is 105 Å². The Morgan fingerprint density at radius 3 is 2.75 bits per heavy atom.